The summed E-state index contributed by atoms with van der Waals surface area (Å²) in [5.41, 5.74) is -0.503. The van der Waals surface area contributed by atoms with Crippen LogP contribution >= 0.6 is 0 Å². The summed E-state index contributed by atoms with van der Waals surface area (Å²) in [5, 5.41) is 11.2. The zero-order valence-corrected chi connectivity index (χ0v) is 9.82. The molecule has 0 spiro atoms. The standard InChI is InChI=1S/C10H18N2O4/c1-10(2,3)16-8(13)11-4-7-5-12(6-7)9(14)15/h7H,4-6H2,1-3H3,(H,11,13)(H,14,15). The second-order valence-corrected chi connectivity index (χ2v) is 4.94. The molecule has 0 saturated carbocycles. The summed E-state index contributed by atoms with van der Waals surface area (Å²) in [6.07, 6.45) is -1.37. The van der Waals surface area contributed by atoms with Gasteiger partial charge in [-0.1, -0.05) is 0 Å². The normalized spacial score (nSPS) is 16.6. The lowest BCUT2D eigenvalue weighted by atomic mass is 10.0. The van der Waals surface area contributed by atoms with E-state index in [2.05, 4.69) is 5.32 Å². The Labute approximate surface area is 94.6 Å². The van der Waals surface area contributed by atoms with Gasteiger partial charge >= 0.3 is 12.2 Å². The van der Waals surface area contributed by atoms with E-state index in [-0.39, 0.29) is 5.92 Å². The number of nitrogens with one attached hydrogen (secondary N) is 1. The summed E-state index contributed by atoms with van der Waals surface area (Å²) in [6.45, 7) is 6.79. The molecule has 0 aliphatic carbocycles. The third kappa shape index (κ3) is 3.96. The van der Waals surface area contributed by atoms with Gasteiger partial charge in [-0.05, 0) is 20.8 Å². The molecule has 1 heterocycles. The van der Waals surface area contributed by atoms with Gasteiger partial charge in [-0.2, -0.15) is 0 Å². The largest absolute Gasteiger partial charge is 0.465 e. The topological polar surface area (TPSA) is 78.9 Å². The molecule has 0 unspecified atom stereocenters. The first-order chi connectivity index (χ1) is 7.28. The second-order valence-electron chi connectivity index (χ2n) is 4.94. The quantitative estimate of drug-likeness (QED) is 0.745. The molecule has 6 heteroatoms. The van der Waals surface area contributed by atoms with Crippen molar-refractivity contribution in [2.24, 2.45) is 5.92 Å². The van der Waals surface area contributed by atoms with Crippen LogP contribution < -0.4 is 5.32 Å². The molecule has 2 amide bonds. The molecule has 92 valence electrons. The fourth-order valence-corrected chi connectivity index (χ4v) is 1.40. The highest BCUT2D eigenvalue weighted by Gasteiger charge is 2.30. The maximum atomic E-state index is 11.3. The Hall–Kier alpha value is -1.46. The maximum Gasteiger partial charge on any atom is 0.407 e. The van der Waals surface area contributed by atoms with Gasteiger partial charge in [0.15, 0.2) is 0 Å². The van der Waals surface area contributed by atoms with Crippen LogP contribution in [-0.4, -0.2) is 47.4 Å². The first kappa shape index (κ1) is 12.6. The third-order valence-corrected chi connectivity index (χ3v) is 2.16. The van der Waals surface area contributed by atoms with Gasteiger partial charge in [0.25, 0.3) is 0 Å². The van der Waals surface area contributed by atoms with E-state index in [0.29, 0.717) is 19.6 Å². The zero-order valence-electron chi connectivity index (χ0n) is 9.82. The van der Waals surface area contributed by atoms with Crippen molar-refractivity contribution in [3.05, 3.63) is 0 Å². The Balaban J connectivity index is 2.13. The lowest BCUT2D eigenvalue weighted by Gasteiger charge is -2.37. The van der Waals surface area contributed by atoms with Crippen LogP contribution in [-0.2, 0) is 4.74 Å². The van der Waals surface area contributed by atoms with Gasteiger partial charge < -0.3 is 20.1 Å². The van der Waals surface area contributed by atoms with Gasteiger partial charge in [0.2, 0.25) is 0 Å². The predicted octanol–water partition coefficient (Wildman–Crippen LogP) is 1.12. The number of rotatable bonds is 2. The number of carboxylic acid groups (broad SMARTS) is 1. The molecule has 0 radical (unpaired) electrons. The van der Waals surface area contributed by atoms with Crippen molar-refractivity contribution in [1.82, 2.24) is 10.2 Å². The molecule has 1 rings (SSSR count). The van der Waals surface area contributed by atoms with Gasteiger partial charge in [0, 0.05) is 25.6 Å². The Kier molecular flexibility index (Phi) is 3.62. The predicted molar refractivity (Wildman–Crippen MR) is 57.3 cm³/mol. The third-order valence-electron chi connectivity index (χ3n) is 2.16. The number of ether oxygens (including phenoxy) is 1. The number of hydrogen-bond acceptors (Lipinski definition) is 3. The molecular formula is C10H18N2O4. The molecule has 16 heavy (non-hydrogen) atoms. The van der Waals surface area contributed by atoms with Crippen molar-refractivity contribution >= 4 is 12.2 Å². The molecule has 0 aromatic carbocycles. The number of hydrogen-bond donors (Lipinski definition) is 2. The van der Waals surface area contributed by atoms with Gasteiger partial charge in [-0.15, -0.1) is 0 Å². The van der Waals surface area contributed by atoms with Crippen LogP contribution in [0.1, 0.15) is 20.8 Å². The van der Waals surface area contributed by atoms with E-state index in [4.69, 9.17) is 9.84 Å². The van der Waals surface area contributed by atoms with Gasteiger partial charge in [0.1, 0.15) is 5.60 Å². The molecule has 6 nitrogen and oxygen atoms in total. The number of nitrogens with zero attached hydrogens (tertiary/aromatic N) is 1. The molecule has 2 N–H and O–H groups in total. The Morgan fingerprint density at radius 3 is 2.44 bits per heavy atom. The Bertz CT molecular complexity index is 279. The highest BCUT2D eigenvalue weighted by atomic mass is 16.6. The van der Waals surface area contributed by atoms with Crippen molar-refractivity contribution in [1.29, 1.82) is 0 Å². The molecule has 0 bridgehead atoms. The van der Waals surface area contributed by atoms with E-state index < -0.39 is 17.8 Å². The van der Waals surface area contributed by atoms with Crippen LogP contribution in [0.15, 0.2) is 0 Å². The number of alkyl carbamates (subject to hydrolysis) is 1. The van der Waals surface area contributed by atoms with E-state index in [1.807, 2.05) is 0 Å². The molecule has 1 saturated heterocycles. The number of carbonyl (C=O) groups is 2. The summed E-state index contributed by atoms with van der Waals surface area (Å²) in [7, 11) is 0. The molecule has 1 aliphatic heterocycles. The summed E-state index contributed by atoms with van der Waals surface area (Å²) in [4.78, 5) is 23.0. The van der Waals surface area contributed by atoms with E-state index in [1.165, 1.54) is 4.90 Å². The van der Waals surface area contributed by atoms with E-state index in [9.17, 15) is 9.59 Å². The summed E-state index contributed by atoms with van der Waals surface area (Å²) >= 11 is 0. The summed E-state index contributed by atoms with van der Waals surface area (Å²) in [6, 6.07) is 0. The van der Waals surface area contributed by atoms with Gasteiger partial charge in [0.05, 0.1) is 0 Å². The fraction of sp³-hybridized carbons (Fsp3) is 0.800. The van der Waals surface area contributed by atoms with Crippen LogP contribution in [0.2, 0.25) is 0 Å². The lowest BCUT2D eigenvalue weighted by Crippen LogP contribution is -2.53. The average Bonchev–Trinajstić information content (AvgIpc) is 1.96. The minimum Gasteiger partial charge on any atom is -0.465 e. The van der Waals surface area contributed by atoms with Crippen LogP contribution in [0, 0.1) is 5.92 Å². The molecule has 1 aliphatic rings. The van der Waals surface area contributed by atoms with Gasteiger partial charge in [-0.25, -0.2) is 9.59 Å². The van der Waals surface area contributed by atoms with Crippen molar-refractivity contribution in [3.63, 3.8) is 0 Å². The Morgan fingerprint density at radius 2 is 2.00 bits per heavy atom. The average molecular weight is 230 g/mol. The van der Waals surface area contributed by atoms with Crippen LogP contribution in [0.4, 0.5) is 9.59 Å². The molecular weight excluding hydrogens is 212 g/mol. The minimum absolute atomic E-state index is 0.198. The van der Waals surface area contributed by atoms with Crippen molar-refractivity contribution in [3.8, 4) is 0 Å². The van der Waals surface area contributed by atoms with Crippen molar-refractivity contribution < 1.29 is 19.4 Å². The highest BCUT2D eigenvalue weighted by molar-refractivity contribution is 5.68. The highest BCUT2D eigenvalue weighted by Crippen LogP contribution is 2.14. The number of amides is 2. The van der Waals surface area contributed by atoms with Crippen LogP contribution in [0.25, 0.3) is 0 Å². The Morgan fingerprint density at radius 1 is 1.44 bits per heavy atom. The second kappa shape index (κ2) is 4.59. The molecule has 1 fully saturated rings. The lowest BCUT2D eigenvalue weighted by molar-refractivity contribution is 0.0471. The van der Waals surface area contributed by atoms with E-state index >= 15 is 0 Å². The number of carbonyl (C=O) groups excluding carboxylic acids is 1. The van der Waals surface area contributed by atoms with Crippen molar-refractivity contribution in [2.75, 3.05) is 19.6 Å². The van der Waals surface area contributed by atoms with Crippen molar-refractivity contribution in [2.45, 2.75) is 26.4 Å². The smallest absolute Gasteiger partial charge is 0.407 e. The van der Waals surface area contributed by atoms with E-state index in [1.54, 1.807) is 20.8 Å². The maximum absolute atomic E-state index is 11.3. The molecule has 0 aromatic heterocycles. The van der Waals surface area contributed by atoms with Crippen LogP contribution in [0.5, 0.6) is 0 Å². The summed E-state index contributed by atoms with van der Waals surface area (Å²) < 4.78 is 5.05. The fourth-order valence-electron chi connectivity index (χ4n) is 1.40. The molecule has 0 aromatic rings. The number of likely N-dealkylation sites (tertiary alicyclic amines) is 1. The monoisotopic (exact) mass is 230 g/mol. The zero-order chi connectivity index (χ0) is 12.3. The first-order valence-corrected chi connectivity index (χ1v) is 5.22. The van der Waals surface area contributed by atoms with Crippen LogP contribution in [0.3, 0.4) is 0 Å². The first-order valence-electron chi connectivity index (χ1n) is 5.22. The minimum atomic E-state index is -0.909. The summed E-state index contributed by atoms with van der Waals surface area (Å²) in [5.74, 6) is 0.198. The SMILES string of the molecule is CC(C)(C)OC(=O)NCC1CN(C(=O)O)C1. The van der Waals surface area contributed by atoms with E-state index in [0.717, 1.165) is 0 Å². The molecule has 0 atom stereocenters. The van der Waals surface area contributed by atoms with Gasteiger partial charge in [-0.3, -0.25) is 0 Å².